The molecule has 1 aliphatic carbocycles. The molecule has 0 fully saturated rings. The Morgan fingerprint density at radius 1 is 0.364 bits per heavy atom. The maximum Gasteiger partial charge on any atom is 0.0468 e. The zero-order valence-electron chi connectivity index (χ0n) is 31.7. The second-order valence-electron chi connectivity index (χ2n) is 14.7. The number of fused-ring (bicyclic) bond motifs is 2. The largest absolute Gasteiger partial charge is 0.311 e. The van der Waals surface area contributed by atoms with Crippen molar-refractivity contribution in [3.63, 3.8) is 0 Å². The van der Waals surface area contributed by atoms with Crippen molar-refractivity contribution in [1.82, 2.24) is 0 Å². The zero-order chi connectivity index (χ0) is 37.3. The molecule has 0 saturated carbocycles. The first-order valence-electron chi connectivity index (χ1n) is 19.3. The summed E-state index contributed by atoms with van der Waals surface area (Å²) in [5.74, 6) is 0. The van der Waals surface area contributed by atoms with Crippen LogP contribution in [-0.2, 0) is 0 Å². The van der Waals surface area contributed by atoms with Crippen LogP contribution in [0.5, 0.6) is 0 Å². The molecule has 266 valence electrons. The fourth-order valence-corrected chi connectivity index (χ4v) is 8.05. The molecule has 0 atom stereocenters. The van der Waals surface area contributed by atoms with Gasteiger partial charge in [-0.3, -0.25) is 0 Å². The Morgan fingerprint density at radius 2 is 0.800 bits per heavy atom. The van der Waals surface area contributed by atoms with Crippen LogP contribution in [0, 0.1) is 20.8 Å². The highest BCUT2D eigenvalue weighted by Crippen LogP contribution is 2.48. The Labute approximate surface area is 324 Å². The Kier molecular flexibility index (Phi) is 9.09. The van der Waals surface area contributed by atoms with E-state index in [-0.39, 0.29) is 0 Å². The third-order valence-electron chi connectivity index (χ3n) is 10.8. The fraction of sp³-hybridized carbons (Fsp3) is 0.0943. The summed E-state index contributed by atoms with van der Waals surface area (Å²) in [4.78, 5) is 4.79. The van der Waals surface area contributed by atoms with Crippen LogP contribution in [-0.4, -0.2) is 0 Å². The summed E-state index contributed by atoms with van der Waals surface area (Å²) in [6.45, 7) is 6.46. The molecular weight excluding hydrogens is 665 g/mol. The van der Waals surface area contributed by atoms with Crippen LogP contribution in [0.2, 0.25) is 0 Å². The molecule has 0 spiro atoms. The monoisotopic (exact) mass is 708 g/mol. The summed E-state index contributed by atoms with van der Waals surface area (Å²) in [5, 5.41) is 4.91. The van der Waals surface area contributed by atoms with Crippen molar-refractivity contribution in [2.75, 3.05) is 9.80 Å². The highest BCUT2D eigenvalue weighted by atomic mass is 15.1. The Hall–Kier alpha value is -6.64. The van der Waals surface area contributed by atoms with Crippen molar-refractivity contribution in [2.24, 2.45) is 0 Å². The Balaban J connectivity index is 1.36. The van der Waals surface area contributed by atoms with Gasteiger partial charge in [-0.05, 0) is 144 Å². The maximum atomic E-state index is 2.43. The van der Waals surface area contributed by atoms with Gasteiger partial charge in [-0.2, -0.15) is 0 Å². The molecule has 0 aliphatic heterocycles. The molecule has 0 unspecified atom stereocenters. The van der Waals surface area contributed by atoms with Crippen LogP contribution in [0.3, 0.4) is 0 Å². The molecule has 1 aliphatic rings. The maximum absolute atomic E-state index is 2.43. The van der Waals surface area contributed by atoms with Crippen molar-refractivity contribution < 1.29 is 0 Å². The normalized spacial score (nSPS) is 12.5. The van der Waals surface area contributed by atoms with Gasteiger partial charge in [0, 0.05) is 34.1 Å². The van der Waals surface area contributed by atoms with E-state index in [0.717, 1.165) is 41.3 Å². The number of para-hydroxylation sites is 1. The highest BCUT2D eigenvalue weighted by Gasteiger charge is 2.22. The number of nitrogens with zero attached hydrogens (tertiary/aromatic N) is 2. The first-order chi connectivity index (χ1) is 27.0. The molecule has 55 heavy (non-hydrogen) atoms. The lowest BCUT2D eigenvalue weighted by Gasteiger charge is -2.29. The topological polar surface area (TPSA) is 6.48 Å². The third kappa shape index (κ3) is 6.62. The van der Waals surface area contributed by atoms with Crippen LogP contribution in [0.4, 0.5) is 28.4 Å². The molecule has 0 radical (unpaired) electrons. The van der Waals surface area contributed by atoms with Crippen LogP contribution in [0.25, 0.3) is 43.8 Å². The van der Waals surface area contributed by atoms with Gasteiger partial charge in [0.1, 0.15) is 0 Å². The number of hydrogen-bond donors (Lipinski definition) is 0. The number of benzene rings is 8. The number of rotatable bonds is 8. The smallest absolute Gasteiger partial charge is 0.0468 e. The van der Waals surface area contributed by atoms with Crippen molar-refractivity contribution in [3.8, 4) is 22.3 Å². The number of allylic oxidation sites excluding steroid dienone is 3. The molecule has 0 bridgehead atoms. The minimum Gasteiger partial charge on any atom is -0.311 e. The van der Waals surface area contributed by atoms with Crippen molar-refractivity contribution >= 4 is 50.0 Å². The summed E-state index contributed by atoms with van der Waals surface area (Å²) in [5.41, 5.74) is 15.5. The van der Waals surface area contributed by atoms with E-state index in [1.807, 2.05) is 0 Å². The number of aryl methyl sites for hydroxylation is 3. The van der Waals surface area contributed by atoms with Crippen molar-refractivity contribution in [3.05, 3.63) is 210 Å². The van der Waals surface area contributed by atoms with Crippen LogP contribution in [0.15, 0.2) is 194 Å². The van der Waals surface area contributed by atoms with Gasteiger partial charge >= 0.3 is 0 Å². The third-order valence-corrected chi connectivity index (χ3v) is 10.8. The predicted molar refractivity (Wildman–Crippen MR) is 236 cm³/mol. The van der Waals surface area contributed by atoms with E-state index >= 15 is 0 Å². The van der Waals surface area contributed by atoms with Crippen LogP contribution >= 0.6 is 0 Å². The summed E-state index contributed by atoms with van der Waals surface area (Å²) < 4.78 is 0. The molecule has 0 aromatic heterocycles. The van der Waals surface area contributed by atoms with Crippen LogP contribution < -0.4 is 9.80 Å². The van der Waals surface area contributed by atoms with E-state index in [1.54, 1.807) is 0 Å². The predicted octanol–water partition coefficient (Wildman–Crippen LogP) is 15.1. The SMILES string of the molecule is Cc1ccc(-c2c3ccc(N(C4=CCCC=C4)c4ccc(C)cc4)cc3c(-c3ccccc3)c3ccc(N(c4ccccc4)c4ccc(C)cc4)cc23)cc1. The van der Waals surface area contributed by atoms with E-state index in [4.69, 9.17) is 0 Å². The number of hydrogen-bond acceptors (Lipinski definition) is 2. The molecule has 9 rings (SSSR count). The molecule has 8 aromatic carbocycles. The second kappa shape index (κ2) is 14.6. The van der Waals surface area contributed by atoms with E-state index in [1.165, 1.54) is 66.2 Å². The van der Waals surface area contributed by atoms with E-state index in [2.05, 4.69) is 219 Å². The molecule has 8 aromatic rings. The molecular formula is C53H44N2. The van der Waals surface area contributed by atoms with Gasteiger partial charge in [0.15, 0.2) is 0 Å². The van der Waals surface area contributed by atoms with Gasteiger partial charge in [-0.25, -0.2) is 0 Å². The van der Waals surface area contributed by atoms with Crippen molar-refractivity contribution in [2.45, 2.75) is 33.6 Å². The van der Waals surface area contributed by atoms with Gasteiger partial charge in [0.25, 0.3) is 0 Å². The van der Waals surface area contributed by atoms with Gasteiger partial charge in [0.05, 0.1) is 0 Å². The summed E-state index contributed by atoms with van der Waals surface area (Å²) in [6, 6.07) is 62.6. The first kappa shape index (κ1) is 34.1. The fourth-order valence-electron chi connectivity index (χ4n) is 8.05. The van der Waals surface area contributed by atoms with Crippen molar-refractivity contribution in [1.29, 1.82) is 0 Å². The minimum absolute atomic E-state index is 1.03. The molecule has 2 heteroatoms. The average molecular weight is 709 g/mol. The lowest BCUT2D eigenvalue weighted by molar-refractivity contribution is 0.997. The van der Waals surface area contributed by atoms with Crippen LogP contribution in [0.1, 0.15) is 29.5 Å². The van der Waals surface area contributed by atoms with Gasteiger partial charge in [-0.15, -0.1) is 0 Å². The van der Waals surface area contributed by atoms with E-state index < -0.39 is 0 Å². The molecule has 0 saturated heterocycles. The lowest BCUT2D eigenvalue weighted by atomic mass is 9.85. The summed E-state index contributed by atoms with van der Waals surface area (Å²) >= 11 is 0. The lowest BCUT2D eigenvalue weighted by Crippen LogP contribution is -2.16. The standard InChI is InChI=1S/C53H44N2/c1-37-19-25-41(26-20-37)53-49-34-32-46(54(42-15-9-5-10-16-42)44-27-21-38(2)22-28-44)35-50(49)52(40-13-7-4-8-14-40)48-33-31-47(36-51(48)53)55(43-17-11-6-12-18-43)45-29-23-39(3)24-30-45/h4,6-9,11-36H,5,10H2,1-3H3. The van der Waals surface area contributed by atoms with E-state index in [9.17, 15) is 0 Å². The zero-order valence-corrected chi connectivity index (χ0v) is 31.7. The molecule has 0 N–H and O–H groups in total. The Bertz CT molecular complexity index is 2690. The first-order valence-corrected chi connectivity index (χ1v) is 19.3. The molecule has 0 heterocycles. The van der Waals surface area contributed by atoms with Gasteiger partial charge < -0.3 is 9.80 Å². The van der Waals surface area contributed by atoms with Gasteiger partial charge in [-0.1, -0.05) is 138 Å². The van der Waals surface area contributed by atoms with E-state index in [0.29, 0.717) is 0 Å². The number of anilines is 5. The average Bonchev–Trinajstić information content (AvgIpc) is 3.23. The molecule has 0 amide bonds. The second-order valence-corrected chi connectivity index (χ2v) is 14.7. The molecule has 2 nitrogen and oxygen atoms in total. The summed E-state index contributed by atoms with van der Waals surface area (Å²) in [7, 11) is 0. The Morgan fingerprint density at radius 3 is 1.33 bits per heavy atom. The van der Waals surface area contributed by atoms with Gasteiger partial charge in [0.2, 0.25) is 0 Å². The highest BCUT2D eigenvalue weighted by molar-refractivity contribution is 6.22. The minimum atomic E-state index is 1.03. The quantitative estimate of drug-likeness (QED) is 0.145. The summed E-state index contributed by atoms with van der Waals surface area (Å²) in [6.07, 6.45) is 9.04.